The van der Waals surface area contributed by atoms with E-state index in [4.69, 9.17) is 0 Å². The molecule has 0 spiro atoms. The van der Waals surface area contributed by atoms with E-state index < -0.39 is 0 Å². The van der Waals surface area contributed by atoms with Gasteiger partial charge in [-0.3, -0.25) is 4.98 Å². The molecular formula is C14H20N4S. The number of aryl methyl sites for hydroxylation is 1. The van der Waals surface area contributed by atoms with Crippen LogP contribution in [-0.2, 0) is 13.0 Å². The zero-order valence-corrected chi connectivity index (χ0v) is 12.5. The lowest BCUT2D eigenvalue weighted by molar-refractivity contribution is 0.821. The van der Waals surface area contributed by atoms with Gasteiger partial charge in [-0.1, -0.05) is 6.07 Å². The quantitative estimate of drug-likeness (QED) is 0.878. The molecule has 5 heteroatoms. The van der Waals surface area contributed by atoms with Crippen LogP contribution in [-0.4, -0.2) is 30.6 Å². The van der Waals surface area contributed by atoms with Crippen molar-refractivity contribution >= 4 is 16.5 Å². The fourth-order valence-corrected chi connectivity index (χ4v) is 2.88. The lowest BCUT2D eigenvalue weighted by Crippen LogP contribution is -2.20. The zero-order valence-electron chi connectivity index (χ0n) is 11.7. The number of hydrogen-bond acceptors (Lipinski definition) is 5. The molecule has 0 fully saturated rings. The number of nitrogens with zero attached hydrogens (tertiary/aromatic N) is 3. The van der Waals surface area contributed by atoms with Crippen molar-refractivity contribution in [3.63, 3.8) is 0 Å². The molecule has 0 unspecified atom stereocenters. The third-order valence-electron chi connectivity index (χ3n) is 2.97. The van der Waals surface area contributed by atoms with Gasteiger partial charge in [0.25, 0.3) is 0 Å². The van der Waals surface area contributed by atoms with Crippen LogP contribution in [0.15, 0.2) is 24.4 Å². The number of pyridine rings is 1. The van der Waals surface area contributed by atoms with E-state index in [1.807, 2.05) is 25.4 Å². The van der Waals surface area contributed by atoms with E-state index >= 15 is 0 Å². The van der Waals surface area contributed by atoms with Crippen LogP contribution in [0.2, 0.25) is 0 Å². The highest BCUT2D eigenvalue weighted by Gasteiger charge is 2.10. The second kappa shape index (κ2) is 6.63. The number of rotatable bonds is 6. The molecule has 0 aliphatic heterocycles. The summed E-state index contributed by atoms with van der Waals surface area (Å²) in [6, 6.07) is 6.04. The predicted octanol–water partition coefficient (Wildman–Crippen LogP) is 2.24. The summed E-state index contributed by atoms with van der Waals surface area (Å²) in [5.41, 5.74) is 2.25. The van der Waals surface area contributed by atoms with Crippen molar-refractivity contribution in [2.24, 2.45) is 0 Å². The van der Waals surface area contributed by atoms with Crippen molar-refractivity contribution < 1.29 is 0 Å². The maximum Gasteiger partial charge on any atom is 0.185 e. The molecule has 0 radical (unpaired) electrons. The Morgan fingerprint density at radius 2 is 2.21 bits per heavy atom. The molecule has 0 atom stereocenters. The van der Waals surface area contributed by atoms with E-state index in [0.717, 1.165) is 36.0 Å². The van der Waals surface area contributed by atoms with Gasteiger partial charge in [0.1, 0.15) is 0 Å². The Kier molecular flexibility index (Phi) is 4.87. The Morgan fingerprint density at radius 3 is 2.89 bits per heavy atom. The number of anilines is 1. The maximum atomic E-state index is 4.63. The zero-order chi connectivity index (χ0) is 13.7. The molecule has 0 aromatic carbocycles. The average Bonchev–Trinajstić information content (AvgIpc) is 2.79. The molecule has 0 saturated heterocycles. The molecule has 2 aromatic heterocycles. The van der Waals surface area contributed by atoms with Crippen molar-refractivity contribution in [1.82, 2.24) is 15.3 Å². The summed E-state index contributed by atoms with van der Waals surface area (Å²) in [6.45, 7) is 3.89. The van der Waals surface area contributed by atoms with Gasteiger partial charge in [-0.2, -0.15) is 0 Å². The summed E-state index contributed by atoms with van der Waals surface area (Å²) in [5, 5.41) is 4.26. The fraction of sp³-hybridized carbons (Fsp3) is 0.429. The smallest absolute Gasteiger partial charge is 0.185 e. The maximum absolute atomic E-state index is 4.63. The minimum atomic E-state index is 0.886. The summed E-state index contributed by atoms with van der Waals surface area (Å²) in [4.78, 5) is 12.5. The normalized spacial score (nSPS) is 10.7. The highest BCUT2D eigenvalue weighted by atomic mass is 32.1. The Labute approximate surface area is 118 Å². The van der Waals surface area contributed by atoms with Gasteiger partial charge >= 0.3 is 0 Å². The van der Waals surface area contributed by atoms with Crippen molar-refractivity contribution in [1.29, 1.82) is 0 Å². The minimum absolute atomic E-state index is 0.886. The van der Waals surface area contributed by atoms with Gasteiger partial charge in [-0.15, -0.1) is 11.3 Å². The molecule has 0 aliphatic carbocycles. The Bertz CT molecular complexity index is 509. The van der Waals surface area contributed by atoms with E-state index in [-0.39, 0.29) is 0 Å². The van der Waals surface area contributed by atoms with E-state index in [1.165, 1.54) is 4.88 Å². The topological polar surface area (TPSA) is 41.0 Å². The molecule has 0 saturated carbocycles. The van der Waals surface area contributed by atoms with Crippen molar-refractivity contribution in [2.75, 3.05) is 25.5 Å². The van der Waals surface area contributed by atoms with E-state index in [0.29, 0.717) is 0 Å². The van der Waals surface area contributed by atoms with Crippen LogP contribution in [0.4, 0.5) is 5.13 Å². The van der Waals surface area contributed by atoms with Gasteiger partial charge in [-0.25, -0.2) is 4.98 Å². The van der Waals surface area contributed by atoms with Crippen LogP contribution in [0.25, 0.3) is 0 Å². The third-order valence-corrected chi connectivity index (χ3v) is 4.25. The standard InChI is InChI=1S/C14H20N4S/c1-11-13(10-15-2)19-14(17-11)18(3)9-7-12-6-4-5-8-16-12/h4-6,8,15H,7,9-10H2,1-3H3. The highest BCUT2D eigenvalue weighted by molar-refractivity contribution is 7.15. The van der Waals surface area contributed by atoms with Crippen molar-refractivity contribution in [3.05, 3.63) is 40.7 Å². The van der Waals surface area contributed by atoms with Crippen LogP contribution >= 0.6 is 11.3 Å². The largest absolute Gasteiger partial charge is 0.351 e. The molecule has 2 rings (SSSR count). The summed E-state index contributed by atoms with van der Waals surface area (Å²) in [5.74, 6) is 0. The lowest BCUT2D eigenvalue weighted by Gasteiger charge is -2.15. The Hall–Kier alpha value is -1.46. The van der Waals surface area contributed by atoms with Gasteiger partial charge in [0.15, 0.2) is 5.13 Å². The van der Waals surface area contributed by atoms with Crippen LogP contribution in [0.3, 0.4) is 0 Å². The number of likely N-dealkylation sites (N-methyl/N-ethyl adjacent to an activating group) is 1. The average molecular weight is 276 g/mol. The van der Waals surface area contributed by atoms with Gasteiger partial charge in [0, 0.05) is 43.3 Å². The van der Waals surface area contributed by atoms with E-state index in [2.05, 4.69) is 40.2 Å². The molecule has 2 heterocycles. The Morgan fingerprint density at radius 1 is 1.37 bits per heavy atom. The monoisotopic (exact) mass is 276 g/mol. The van der Waals surface area contributed by atoms with Crippen molar-refractivity contribution in [2.45, 2.75) is 19.9 Å². The van der Waals surface area contributed by atoms with Gasteiger partial charge in [0.05, 0.1) is 5.69 Å². The highest BCUT2D eigenvalue weighted by Crippen LogP contribution is 2.25. The van der Waals surface area contributed by atoms with Crippen LogP contribution in [0.1, 0.15) is 16.3 Å². The third kappa shape index (κ3) is 3.75. The van der Waals surface area contributed by atoms with Crippen LogP contribution < -0.4 is 10.2 Å². The molecule has 0 bridgehead atoms. The summed E-state index contributed by atoms with van der Waals surface area (Å²) < 4.78 is 0. The summed E-state index contributed by atoms with van der Waals surface area (Å²) in [7, 11) is 4.05. The molecule has 102 valence electrons. The number of hydrogen-bond donors (Lipinski definition) is 1. The van der Waals surface area contributed by atoms with Crippen LogP contribution in [0.5, 0.6) is 0 Å². The van der Waals surface area contributed by atoms with E-state index in [1.54, 1.807) is 11.3 Å². The fourth-order valence-electron chi connectivity index (χ4n) is 1.82. The molecular weight excluding hydrogens is 256 g/mol. The molecule has 0 amide bonds. The Balaban J connectivity index is 1.96. The summed E-state index contributed by atoms with van der Waals surface area (Å²) >= 11 is 1.76. The van der Waals surface area contributed by atoms with Gasteiger partial charge in [-0.05, 0) is 26.1 Å². The molecule has 4 nitrogen and oxygen atoms in total. The molecule has 19 heavy (non-hydrogen) atoms. The minimum Gasteiger partial charge on any atom is -0.351 e. The summed E-state index contributed by atoms with van der Waals surface area (Å²) in [6.07, 6.45) is 2.78. The lowest BCUT2D eigenvalue weighted by atomic mass is 10.2. The van der Waals surface area contributed by atoms with Crippen molar-refractivity contribution in [3.8, 4) is 0 Å². The number of thiazole rings is 1. The van der Waals surface area contributed by atoms with E-state index in [9.17, 15) is 0 Å². The first kappa shape index (κ1) is 14.0. The first-order valence-corrected chi connectivity index (χ1v) is 7.24. The van der Waals surface area contributed by atoms with Gasteiger partial charge in [0.2, 0.25) is 0 Å². The molecule has 2 aromatic rings. The number of aromatic nitrogens is 2. The molecule has 1 N–H and O–H groups in total. The predicted molar refractivity (Wildman–Crippen MR) is 80.8 cm³/mol. The SMILES string of the molecule is CNCc1sc(N(C)CCc2ccccn2)nc1C. The first-order chi connectivity index (χ1) is 9.20. The second-order valence-corrected chi connectivity index (χ2v) is 5.59. The van der Waals surface area contributed by atoms with Gasteiger partial charge < -0.3 is 10.2 Å². The number of nitrogens with one attached hydrogen (secondary N) is 1. The van der Waals surface area contributed by atoms with Crippen LogP contribution in [0, 0.1) is 6.92 Å². The second-order valence-electron chi connectivity index (χ2n) is 4.53. The molecule has 0 aliphatic rings. The first-order valence-electron chi connectivity index (χ1n) is 6.42.